The molecule has 0 aliphatic rings. The third kappa shape index (κ3) is 2.40. The van der Waals surface area contributed by atoms with Gasteiger partial charge < -0.3 is 10.5 Å². The van der Waals surface area contributed by atoms with Crippen molar-refractivity contribution in [2.45, 2.75) is 13.0 Å². The van der Waals surface area contributed by atoms with Crippen molar-refractivity contribution >= 4 is 11.3 Å². The Hall–Kier alpha value is -1.39. The summed E-state index contributed by atoms with van der Waals surface area (Å²) in [6, 6.07) is 8.00. The second-order valence-electron chi connectivity index (χ2n) is 3.43. The standard InChI is InChI=1S/C12H14N2OS/c1-15-11-5-3-2-4-9(11)6-12-14-10(7-13)8-16-12/h2-5,8H,6-7,13H2,1H3. The number of benzene rings is 1. The van der Waals surface area contributed by atoms with E-state index in [9.17, 15) is 0 Å². The number of rotatable bonds is 4. The van der Waals surface area contributed by atoms with E-state index in [4.69, 9.17) is 10.5 Å². The van der Waals surface area contributed by atoms with E-state index in [1.54, 1.807) is 18.4 Å². The first kappa shape index (κ1) is 11.1. The van der Waals surface area contributed by atoms with Crippen LogP contribution >= 0.6 is 11.3 Å². The highest BCUT2D eigenvalue weighted by atomic mass is 32.1. The maximum Gasteiger partial charge on any atom is 0.122 e. The minimum atomic E-state index is 0.502. The van der Waals surface area contributed by atoms with Crippen molar-refractivity contribution < 1.29 is 4.74 Å². The van der Waals surface area contributed by atoms with Gasteiger partial charge in [0.2, 0.25) is 0 Å². The molecule has 2 aromatic rings. The minimum absolute atomic E-state index is 0.502. The van der Waals surface area contributed by atoms with Gasteiger partial charge in [0.25, 0.3) is 0 Å². The van der Waals surface area contributed by atoms with Gasteiger partial charge in [0.05, 0.1) is 17.8 Å². The molecule has 4 heteroatoms. The number of thiazole rings is 1. The van der Waals surface area contributed by atoms with Crippen molar-refractivity contribution in [1.29, 1.82) is 0 Å². The maximum atomic E-state index is 5.53. The first-order chi connectivity index (χ1) is 7.83. The quantitative estimate of drug-likeness (QED) is 0.882. The Morgan fingerprint density at radius 1 is 1.38 bits per heavy atom. The molecule has 0 bridgehead atoms. The lowest BCUT2D eigenvalue weighted by Gasteiger charge is -2.05. The summed E-state index contributed by atoms with van der Waals surface area (Å²) in [5.41, 5.74) is 7.64. The Balaban J connectivity index is 2.19. The van der Waals surface area contributed by atoms with Crippen LogP contribution in [-0.4, -0.2) is 12.1 Å². The average molecular weight is 234 g/mol. The van der Waals surface area contributed by atoms with E-state index < -0.39 is 0 Å². The predicted octanol–water partition coefficient (Wildman–Crippen LogP) is 2.20. The van der Waals surface area contributed by atoms with Crippen LogP contribution in [0, 0.1) is 0 Å². The molecule has 0 atom stereocenters. The van der Waals surface area contributed by atoms with Gasteiger partial charge in [-0.2, -0.15) is 0 Å². The fourth-order valence-corrected chi connectivity index (χ4v) is 2.37. The van der Waals surface area contributed by atoms with Gasteiger partial charge in [-0.25, -0.2) is 4.98 Å². The van der Waals surface area contributed by atoms with Crippen LogP contribution in [0.1, 0.15) is 16.3 Å². The Morgan fingerprint density at radius 3 is 2.88 bits per heavy atom. The fraction of sp³-hybridized carbons (Fsp3) is 0.250. The molecule has 2 N–H and O–H groups in total. The minimum Gasteiger partial charge on any atom is -0.496 e. The van der Waals surface area contributed by atoms with Gasteiger partial charge in [0.1, 0.15) is 5.75 Å². The van der Waals surface area contributed by atoms with Crippen LogP contribution in [0.5, 0.6) is 5.75 Å². The summed E-state index contributed by atoms with van der Waals surface area (Å²) in [6.45, 7) is 0.502. The third-order valence-corrected chi connectivity index (χ3v) is 3.24. The molecule has 0 unspecified atom stereocenters. The first-order valence-corrected chi connectivity index (χ1v) is 5.96. The summed E-state index contributed by atoms with van der Waals surface area (Å²) in [5, 5.41) is 3.08. The van der Waals surface area contributed by atoms with Gasteiger partial charge >= 0.3 is 0 Å². The third-order valence-electron chi connectivity index (χ3n) is 2.34. The second kappa shape index (κ2) is 5.09. The smallest absolute Gasteiger partial charge is 0.122 e. The summed E-state index contributed by atoms with van der Waals surface area (Å²) < 4.78 is 5.30. The largest absolute Gasteiger partial charge is 0.496 e. The lowest BCUT2D eigenvalue weighted by Crippen LogP contribution is -1.97. The Kier molecular flexibility index (Phi) is 3.54. The molecule has 0 saturated heterocycles. The van der Waals surface area contributed by atoms with E-state index in [2.05, 4.69) is 11.1 Å². The van der Waals surface area contributed by atoms with Gasteiger partial charge in [-0.05, 0) is 6.07 Å². The molecule has 0 radical (unpaired) electrons. The van der Waals surface area contributed by atoms with Crippen LogP contribution in [-0.2, 0) is 13.0 Å². The van der Waals surface area contributed by atoms with Crippen LogP contribution in [0.3, 0.4) is 0 Å². The Morgan fingerprint density at radius 2 is 2.19 bits per heavy atom. The van der Waals surface area contributed by atoms with Gasteiger partial charge in [-0.1, -0.05) is 18.2 Å². The lowest BCUT2D eigenvalue weighted by atomic mass is 10.1. The molecule has 0 aliphatic heterocycles. The molecule has 16 heavy (non-hydrogen) atoms. The van der Waals surface area contributed by atoms with Crippen molar-refractivity contribution in [3.8, 4) is 5.75 Å². The molecule has 0 amide bonds. The monoisotopic (exact) mass is 234 g/mol. The predicted molar refractivity (Wildman–Crippen MR) is 65.8 cm³/mol. The number of nitrogens with two attached hydrogens (primary N) is 1. The van der Waals surface area contributed by atoms with Gasteiger partial charge in [-0.3, -0.25) is 0 Å². The Bertz CT molecular complexity index is 468. The van der Waals surface area contributed by atoms with E-state index in [0.717, 1.165) is 28.4 Å². The molecule has 0 spiro atoms. The van der Waals surface area contributed by atoms with Gasteiger partial charge in [-0.15, -0.1) is 11.3 Å². The van der Waals surface area contributed by atoms with E-state index >= 15 is 0 Å². The highest BCUT2D eigenvalue weighted by molar-refractivity contribution is 7.09. The van der Waals surface area contributed by atoms with E-state index in [0.29, 0.717) is 6.54 Å². The lowest BCUT2D eigenvalue weighted by molar-refractivity contribution is 0.410. The molecular formula is C12H14N2OS. The van der Waals surface area contributed by atoms with Crippen molar-refractivity contribution in [2.75, 3.05) is 7.11 Å². The topological polar surface area (TPSA) is 48.1 Å². The van der Waals surface area contributed by atoms with E-state index in [1.165, 1.54) is 0 Å². The average Bonchev–Trinajstić information content (AvgIpc) is 2.77. The molecule has 0 saturated carbocycles. The fourth-order valence-electron chi connectivity index (χ4n) is 1.54. The molecule has 1 heterocycles. The number of ether oxygens (including phenoxy) is 1. The van der Waals surface area contributed by atoms with Crippen LogP contribution < -0.4 is 10.5 Å². The number of hydrogen-bond acceptors (Lipinski definition) is 4. The molecule has 0 aliphatic carbocycles. The number of methoxy groups -OCH3 is 1. The normalized spacial score (nSPS) is 10.4. The zero-order valence-corrected chi connectivity index (χ0v) is 9.96. The summed E-state index contributed by atoms with van der Waals surface area (Å²) in [6.07, 6.45) is 0.800. The maximum absolute atomic E-state index is 5.53. The second-order valence-corrected chi connectivity index (χ2v) is 4.37. The highest BCUT2D eigenvalue weighted by Gasteiger charge is 2.06. The van der Waals surface area contributed by atoms with Crippen LogP contribution in [0.25, 0.3) is 0 Å². The number of aromatic nitrogens is 1. The molecular weight excluding hydrogens is 220 g/mol. The number of hydrogen-bond donors (Lipinski definition) is 1. The molecule has 2 rings (SSSR count). The molecule has 84 valence electrons. The van der Waals surface area contributed by atoms with Crippen LogP contribution in [0.4, 0.5) is 0 Å². The SMILES string of the molecule is COc1ccccc1Cc1nc(CN)cs1. The van der Waals surface area contributed by atoms with Crippen molar-refractivity contribution in [3.63, 3.8) is 0 Å². The zero-order chi connectivity index (χ0) is 11.4. The molecule has 3 nitrogen and oxygen atoms in total. The summed E-state index contributed by atoms with van der Waals surface area (Å²) >= 11 is 1.64. The van der Waals surface area contributed by atoms with Crippen molar-refractivity contribution in [3.05, 3.63) is 45.9 Å². The number of nitrogens with zero attached hydrogens (tertiary/aromatic N) is 1. The van der Waals surface area contributed by atoms with Crippen LogP contribution in [0.15, 0.2) is 29.6 Å². The Labute approximate surface area is 98.9 Å². The van der Waals surface area contributed by atoms with Gasteiger partial charge in [0.15, 0.2) is 0 Å². The molecule has 1 aromatic carbocycles. The van der Waals surface area contributed by atoms with E-state index in [1.807, 2.05) is 23.6 Å². The van der Waals surface area contributed by atoms with E-state index in [-0.39, 0.29) is 0 Å². The highest BCUT2D eigenvalue weighted by Crippen LogP contribution is 2.22. The first-order valence-electron chi connectivity index (χ1n) is 5.08. The molecule has 0 fully saturated rings. The molecule has 1 aromatic heterocycles. The van der Waals surface area contributed by atoms with Crippen molar-refractivity contribution in [2.24, 2.45) is 5.73 Å². The van der Waals surface area contributed by atoms with Gasteiger partial charge in [0, 0.05) is 23.9 Å². The van der Waals surface area contributed by atoms with Crippen molar-refractivity contribution in [1.82, 2.24) is 4.98 Å². The van der Waals surface area contributed by atoms with Crippen LogP contribution in [0.2, 0.25) is 0 Å². The summed E-state index contributed by atoms with van der Waals surface area (Å²) in [5.74, 6) is 0.909. The number of para-hydroxylation sites is 1. The zero-order valence-electron chi connectivity index (χ0n) is 9.14. The summed E-state index contributed by atoms with van der Waals surface area (Å²) in [4.78, 5) is 4.44. The summed E-state index contributed by atoms with van der Waals surface area (Å²) in [7, 11) is 1.69.